The molecular weight excluding hydrogens is 400 g/mol. The van der Waals surface area contributed by atoms with Crippen LogP contribution in [0.25, 0.3) is 6.08 Å². The van der Waals surface area contributed by atoms with E-state index in [0.717, 1.165) is 5.56 Å². The lowest BCUT2D eigenvalue weighted by Crippen LogP contribution is -2.09. The van der Waals surface area contributed by atoms with Gasteiger partial charge in [0.05, 0.1) is 5.56 Å². The van der Waals surface area contributed by atoms with Crippen LogP contribution in [-0.4, -0.2) is 14.2 Å². The van der Waals surface area contributed by atoms with Gasteiger partial charge in [-0.1, -0.05) is 56.3 Å². The molecule has 0 aromatic heterocycles. The van der Waals surface area contributed by atoms with Crippen molar-refractivity contribution in [3.63, 3.8) is 0 Å². The summed E-state index contributed by atoms with van der Waals surface area (Å²) in [5.74, 6) is 0.699. The summed E-state index contributed by atoms with van der Waals surface area (Å²) in [4.78, 5) is 12.7. The highest BCUT2D eigenvalue weighted by atomic mass is 32.2. The Morgan fingerprint density at radius 3 is 2.30 bits per heavy atom. The molecule has 1 aliphatic heterocycles. The minimum Gasteiger partial charge on any atom is -0.452 e. The Balaban J connectivity index is 1.57. The van der Waals surface area contributed by atoms with Crippen LogP contribution in [0.2, 0.25) is 0 Å². The van der Waals surface area contributed by atoms with Gasteiger partial charge in [0.1, 0.15) is 16.4 Å². The van der Waals surface area contributed by atoms with Crippen molar-refractivity contribution in [2.24, 2.45) is 0 Å². The first-order chi connectivity index (χ1) is 14.3. The molecule has 0 radical (unpaired) electrons. The van der Waals surface area contributed by atoms with Gasteiger partial charge < -0.3 is 8.92 Å². The molecule has 0 unspecified atom stereocenters. The second kappa shape index (κ2) is 7.80. The summed E-state index contributed by atoms with van der Waals surface area (Å²) in [6, 6.07) is 20.1. The molecule has 5 nitrogen and oxygen atoms in total. The van der Waals surface area contributed by atoms with Gasteiger partial charge >= 0.3 is 10.1 Å². The fourth-order valence-corrected chi connectivity index (χ4v) is 4.05. The van der Waals surface area contributed by atoms with E-state index < -0.39 is 10.1 Å². The molecule has 0 saturated carbocycles. The van der Waals surface area contributed by atoms with Gasteiger partial charge in [0.2, 0.25) is 5.78 Å². The standard InChI is InChI=1S/C24H20O5S/c1-16(2)18-10-8-17(9-11-18)14-23-24(25)21-13-12-19(15-22(21)28-23)29-30(26,27)20-6-4-3-5-7-20/h3-16H,1-2H3. The van der Waals surface area contributed by atoms with Crippen molar-refractivity contribution in [1.29, 1.82) is 0 Å². The van der Waals surface area contributed by atoms with Crippen molar-refractivity contribution >= 4 is 22.0 Å². The predicted octanol–water partition coefficient (Wildman–Crippen LogP) is 5.19. The van der Waals surface area contributed by atoms with Gasteiger partial charge in [-0.25, -0.2) is 0 Å². The molecular formula is C24H20O5S. The van der Waals surface area contributed by atoms with Crippen molar-refractivity contribution in [2.75, 3.05) is 0 Å². The third-order valence-corrected chi connectivity index (χ3v) is 6.04. The van der Waals surface area contributed by atoms with Crippen LogP contribution < -0.4 is 8.92 Å². The lowest BCUT2D eigenvalue weighted by atomic mass is 10.0. The number of hydrogen-bond acceptors (Lipinski definition) is 5. The van der Waals surface area contributed by atoms with Gasteiger partial charge in [0.25, 0.3) is 0 Å². The fourth-order valence-electron chi connectivity index (χ4n) is 3.11. The molecule has 1 heterocycles. The monoisotopic (exact) mass is 420 g/mol. The quantitative estimate of drug-likeness (QED) is 0.419. The smallest absolute Gasteiger partial charge is 0.339 e. The molecule has 0 fully saturated rings. The van der Waals surface area contributed by atoms with Crippen LogP contribution in [0.5, 0.6) is 11.5 Å². The van der Waals surface area contributed by atoms with E-state index >= 15 is 0 Å². The molecule has 0 saturated heterocycles. The molecule has 0 amide bonds. The largest absolute Gasteiger partial charge is 0.452 e. The Hall–Kier alpha value is -3.38. The number of carbonyl (C=O) groups is 1. The maximum Gasteiger partial charge on any atom is 0.339 e. The number of ketones is 1. The number of ether oxygens (including phenoxy) is 1. The number of carbonyl (C=O) groups excluding carboxylic acids is 1. The van der Waals surface area contributed by atoms with Crippen LogP contribution in [0.3, 0.4) is 0 Å². The highest BCUT2D eigenvalue weighted by Crippen LogP contribution is 2.35. The second-order valence-corrected chi connectivity index (χ2v) is 8.82. The van der Waals surface area contributed by atoms with Gasteiger partial charge in [-0.15, -0.1) is 0 Å². The Bertz CT molecular complexity index is 1220. The summed E-state index contributed by atoms with van der Waals surface area (Å²) in [6.45, 7) is 4.23. The molecule has 0 aliphatic carbocycles. The number of Topliss-reactive ketones (excluding diaryl/α,β-unsaturated/α-hetero) is 1. The molecule has 4 rings (SSSR count). The van der Waals surface area contributed by atoms with Crippen LogP contribution in [0.4, 0.5) is 0 Å². The summed E-state index contributed by atoms with van der Waals surface area (Å²) in [5, 5.41) is 0. The number of rotatable bonds is 5. The van der Waals surface area contributed by atoms with Crippen LogP contribution in [0.15, 0.2) is 83.5 Å². The van der Waals surface area contributed by atoms with E-state index in [1.165, 1.54) is 35.9 Å². The summed E-state index contributed by atoms with van der Waals surface area (Å²) < 4.78 is 35.7. The van der Waals surface area contributed by atoms with E-state index in [0.29, 0.717) is 11.5 Å². The maximum absolute atomic E-state index is 12.6. The SMILES string of the molecule is CC(C)c1ccc(C=C2Oc3cc(OS(=O)(=O)c4ccccc4)ccc3C2=O)cc1. The lowest BCUT2D eigenvalue weighted by molar-refractivity contribution is 0.101. The van der Waals surface area contributed by atoms with Gasteiger partial charge in [-0.3, -0.25) is 4.79 Å². The topological polar surface area (TPSA) is 69.7 Å². The third kappa shape index (κ3) is 4.00. The summed E-state index contributed by atoms with van der Waals surface area (Å²) in [6.07, 6.45) is 1.67. The van der Waals surface area contributed by atoms with E-state index in [-0.39, 0.29) is 27.9 Å². The van der Waals surface area contributed by atoms with E-state index in [1.807, 2.05) is 24.3 Å². The third-order valence-electron chi connectivity index (χ3n) is 4.78. The summed E-state index contributed by atoms with van der Waals surface area (Å²) >= 11 is 0. The number of benzene rings is 3. The van der Waals surface area contributed by atoms with E-state index in [1.54, 1.807) is 24.3 Å². The zero-order chi connectivity index (χ0) is 21.3. The van der Waals surface area contributed by atoms with Crippen molar-refractivity contribution in [1.82, 2.24) is 0 Å². The second-order valence-electron chi connectivity index (χ2n) is 7.27. The summed E-state index contributed by atoms with van der Waals surface area (Å²) in [5.41, 5.74) is 2.42. The fraction of sp³-hybridized carbons (Fsp3) is 0.125. The van der Waals surface area contributed by atoms with Crippen molar-refractivity contribution < 1.29 is 22.1 Å². The first kappa shape index (κ1) is 19.9. The van der Waals surface area contributed by atoms with Crippen LogP contribution in [0, 0.1) is 0 Å². The maximum atomic E-state index is 12.6. The molecule has 0 bridgehead atoms. The Labute approximate surface area is 175 Å². The molecule has 3 aromatic carbocycles. The Kier molecular flexibility index (Phi) is 5.18. The molecule has 3 aromatic rings. The highest BCUT2D eigenvalue weighted by Gasteiger charge is 2.28. The average molecular weight is 420 g/mol. The van der Waals surface area contributed by atoms with Crippen molar-refractivity contribution in [3.8, 4) is 11.5 Å². The zero-order valence-electron chi connectivity index (χ0n) is 16.5. The van der Waals surface area contributed by atoms with Crippen LogP contribution in [-0.2, 0) is 10.1 Å². The van der Waals surface area contributed by atoms with Gasteiger partial charge in [-0.05, 0) is 47.4 Å². The highest BCUT2D eigenvalue weighted by molar-refractivity contribution is 7.87. The molecule has 0 atom stereocenters. The summed E-state index contributed by atoms with van der Waals surface area (Å²) in [7, 11) is -3.97. The first-order valence-corrected chi connectivity index (χ1v) is 10.9. The van der Waals surface area contributed by atoms with Gasteiger partial charge in [0, 0.05) is 6.07 Å². The van der Waals surface area contributed by atoms with Crippen molar-refractivity contribution in [2.45, 2.75) is 24.7 Å². The zero-order valence-corrected chi connectivity index (χ0v) is 17.3. The minimum absolute atomic E-state index is 0.0490. The van der Waals surface area contributed by atoms with Gasteiger partial charge in [-0.2, -0.15) is 8.42 Å². The first-order valence-electron chi connectivity index (χ1n) is 9.51. The number of hydrogen-bond donors (Lipinski definition) is 0. The predicted molar refractivity (Wildman–Crippen MR) is 114 cm³/mol. The molecule has 152 valence electrons. The lowest BCUT2D eigenvalue weighted by Gasteiger charge is -2.07. The molecule has 0 N–H and O–H groups in total. The number of allylic oxidation sites excluding steroid dienone is 1. The van der Waals surface area contributed by atoms with E-state index in [2.05, 4.69) is 13.8 Å². The molecule has 0 spiro atoms. The number of fused-ring (bicyclic) bond motifs is 1. The van der Waals surface area contributed by atoms with Gasteiger partial charge in [0.15, 0.2) is 5.76 Å². The Morgan fingerprint density at radius 2 is 1.63 bits per heavy atom. The van der Waals surface area contributed by atoms with Crippen LogP contribution >= 0.6 is 0 Å². The average Bonchev–Trinajstić information content (AvgIpc) is 3.03. The molecule has 6 heteroatoms. The van der Waals surface area contributed by atoms with E-state index in [9.17, 15) is 13.2 Å². The molecule has 30 heavy (non-hydrogen) atoms. The Morgan fingerprint density at radius 1 is 0.933 bits per heavy atom. The van der Waals surface area contributed by atoms with E-state index in [4.69, 9.17) is 8.92 Å². The molecule has 1 aliphatic rings. The minimum atomic E-state index is -3.97. The normalized spacial score (nSPS) is 14.6. The van der Waals surface area contributed by atoms with Crippen molar-refractivity contribution in [3.05, 3.63) is 95.2 Å². The van der Waals surface area contributed by atoms with Crippen LogP contribution in [0.1, 0.15) is 41.3 Å².